The summed E-state index contributed by atoms with van der Waals surface area (Å²) < 4.78 is 24.9. The maximum Gasteiger partial charge on any atom is 0.407 e. The first-order chi connectivity index (χ1) is 15.7. The minimum atomic E-state index is -0.570. The van der Waals surface area contributed by atoms with Crippen LogP contribution in [0, 0.1) is 5.82 Å². The van der Waals surface area contributed by atoms with Gasteiger partial charge in [0.1, 0.15) is 17.5 Å². The molecule has 7 heteroatoms. The van der Waals surface area contributed by atoms with Crippen LogP contribution in [0.1, 0.15) is 56.3 Å². The summed E-state index contributed by atoms with van der Waals surface area (Å²) in [6, 6.07) is 14.1. The minimum Gasteiger partial charge on any atom is -0.444 e. The summed E-state index contributed by atoms with van der Waals surface area (Å²) in [4.78, 5) is 27.3. The first-order valence-corrected chi connectivity index (χ1v) is 11.5. The van der Waals surface area contributed by atoms with Crippen LogP contribution < -0.4 is 5.32 Å². The predicted octanol–water partition coefficient (Wildman–Crippen LogP) is 4.37. The molecular formula is C26H31FN2O4. The van der Waals surface area contributed by atoms with Gasteiger partial charge in [0.15, 0.2) is 0 Å². The van der Waals surface area contributed by atoms with Crippen LogP contribution in [0.5, 0.6) is 0 Å². The van der Waals surface area contributed by atoms with E-state index in [1.165, 1.54) is 17.7 Å². The number of alkyl carbamates (subject to hydrolysis) is 1. The van der Waals surface area contributed by atoms with E-state index in [0.717, 1.165) is 17.5 Å². The van der Waals surface area contributed by atoms with Crippen molar-refractivity contribution >= 4 is 12.0 Å². The molecule has 6 nitrogen and oxygen atoms in total. The van der Waals surface area contributed by atoms with Gasteiger partial charge in [-0.15, -0.1) is 0 Å². The molecule has 0 radical (unpaired) electrons. The molecule has 0 unspecified atom stereocenters. The number of hydrogen-bond donors (Lipinski definition) is 1. The molecule has 4 rings (SSSR count). The fourth-order valence-electron chi connectivity index (χ4n) is 4.54. The van der Waals surface area contributed by atoms with Crippen molar-refractivity contribution in [3.8, 4) is 0 Å². The number of hydrogen-bond acceptors (Lipinski definition) is 4. The highest BCUT2D eigenvalue weighted by Crippen LogP contribution is 2.37. The number of benzene rings is 2. The maximum atomic E-state index is 13.6. The highest BCUT2D eigenvalue weighted by Gasteiger charge is 2.39. The first-order valence-electron chi connectivity index (χ1n) is 11.5. The van der Waals surface area contributed by atoms with E-state index in [1.807, 2.05) is 43.9 Å². The smallest absolute Gasteiger partial charge is 0.407 e. The molecule has 2 aromatic rings. The quantitative estimate of drug-likeness (QED) is 0.745. The Labute approximate surface area is 194 Å². The number of carbonyl (C=O) groups is 2. The lowest BCUT2D eigenvalue weighted by Gasteiger charge is -2.39. The Morgan fingerprint density at radius 3 is 2.58 bits per heavy atom. The number of rotatable bonds is 4. The molecule has 2 aliphatic rings. The monoisotopic (exact) mass is 454 g/mol. The van der Waals surface area contributed by atoms with Crippen LogP contribution in [0.4, 0.5) is 9.18 Å². The van der Waals surface area contributed by atoms with Crippen LogP contribution in [-0.2, 0) is 20.7 Å². The maximum absolute atomic E-state index is 13.6. The van der Waals surface area contributed by atoms with Gasteiger partial charge in [0.25, 0.3) is 5.91 Å². The molecule has 1 saturated heterocycles. The fraction of sp³-hybridized carbons (Fsp3) is 0.462. The molecule has 2 heterocycles. The average Bonchev–Trinajstić information content (AvgIpc) is 3.25. The molecule has 176 valence electrons. The van der Waals surface area contributed by atoms with E-state index in [9.17, 15) is 14.0 Å². The van der Waals surface area contributed by atoms with Crippen LogP contribution >= 0.6 is 0 Å². The van der Waals surface area contributed by atoms with Gasteiger partial charge in [0, 0.05) is 13.1 Å². The molecule has 33 heavy (non-hydrogen) atoms. The zero-order chi connectivity index (χ0) is 23.6. The van der Waals surface area contributed by atoms with Gasteiger partial charge in [0.2, 0.25) is 0 Å². The summed E-state index contributed by atoms with van der Waals surface area (Å²) in [6.07, 6.45) is 0.725. The zero-order valence-electron chi connectivity index (χ0n) is 19.3. The third-order valence-corrected chi connectivity index (χ3v) is 6.01. The largest absolute Gasteiger partial charge is 0.444 e. The Kier molecular flexibility index (Phi) is 6.70. The third-order valence-electron chi connectivity index (χ3n) is 6.01. The molecule has 2 aliphatic heterocycles. The number of amides is 2. The van der Waals surface area contributed by atoms with Crippen molar-refractivity contribution in [2.75, 3.05) is 13.1 Å². The van der Waals surface area contributed by atoms with E-state index in [-0.39, 0.29) is 23.9 Å². The van der Waals surface area contributed by atoms with Crippen molar-refractivity contribution in [2.45, 2.75) is 63.9 Å². The number of nitrogens with zero attached hydrogens (tertiary/aromatic N) is 1. The second kappa shape index (κ2) is 9.51. The van der Waals surface area contributed by atoms with Crippen molar-refractivity contribution in [3.63, 3.8) is 0 Å². The van der Waals surface area contributed by atoms with E-state index in [4.69, 9.17) is 9.47 Å². The Morgan fingerprint density at radius 1 is 1.12 bits per heavy atom. The van der Waals surface area contributed by atoms with E-state index in [0.29, 0.717) is 25.9 Å². The van der Waals surface area contributed by atoms with Crippen molar-refractivity contribution in [1.29, 1.82) is 0 Å². The van der Waals surface area contributed by atoms with E-state index in [2.05, 4.69) is 11.4 Å². The third kappa shape index (κ3) is 5.53. The number of fused-ring (bicyclic) bond motifs is 1. The second-order valence-electron chi connectivity index (χ2n) is 9.64. The number of nitrogens with one attached hydrogen (secondary N) is 1. The SMILES string of the molecule is CC(C)(C)OC(=O)NC[C@H]1CC[C@@H](C(=O)N2CCc3ccccc3[C@@H]2c2ccc(F)cc2)O1. The van der Waals surface area contributed by atoms with Crippen LogP contribution in [-0.4, -0.2) is 47.8 Å². The normalized spacial score (nSPS) is 22.5. The van der Waals surface area contributed by atoms with Crippen molar-refractivity contribution < 1.29 is 23.5 Å². The molecule has 1 fully saturated rings. The van der Waals surface area contributed by atoms with Crippen LogP contribution in [0.25, 0.3) is 0 Å². The lowest BCUT2D eigenvalue weighted by molar-refractivity contribution is -0.145. The molecular weight excluding hydrogens is 423 g/mol. The summed E-state index contributed by atoms with van der Waals surface area (Å²) in [6.45, 7) is 6.28. The zero-order valence-corrected chi connectivity index (χ0v) is 19.3. The van der Waals surface area contributed by atoms with Crippen molar-refractivity contribution in [3.05, 3.63) is 71.0 Å². The van der Waals surface area contributed by atoms with Gasteiger partial charge in [-0.25, -0.2) is 9.18 Å². The number of ether oxygens (including phenoxy) is 2. The molecule has 0 saturated carbocycles. The van der Waals surface area contributed by atoms with E-state index < -0.39 is 17.8 Å². The molecule has 0 aromatic heterocycles. The summed E-state index contributed by atoms with van der Waals surface area (Å²) >= 11 is 0. The lowest BCUT2D eigenvalue weighted by atomic mass is 9.87. The van der Waals surface area contributed by atoms with Gasteiger partial charge in [0.05, 0.1) is 12.1 Å². The van der Waals surface area contributed by atoms with Gasteiger partial charge < -0.3 is 19.7 Å². The summed E-state index contributed by atoms with van der Waals surface area (Å²) in [7, 11) is 0. The Hall–Kier alpha value is -2.93. The van der Waals surface area contributed by atoms with Gasteiger partial charge in [-0.05, 0) is 68.9 Å². The Balaban J connectivity index is 1.46. The highest BCUT2D eigenvalue weighted by atomic mass is 19.1. The standard InChI is InChI=1S/C26H31FN2O4/c1-26(2,3)33-25(31)28-16-20-12-13-22(32-20)24(30)29-15-14-17-6-4-5-7-21(17)23(29)18-8-10-19(27)11-9-18/h4-11,20,22-23H,12-16H2,1-3H3,(H,28,31)/t20-,22+,23+/m1/s1. The van der Waals surface area contributed by atoms with Gasteiger partial charge >= 0.3 is 6.09 Å². The molecule has 2 amide bonds. The number of carbonyl (C=O) groups excluding carboxylic acids is 2. The van der Waals surface area contributed by atoms with Crippen molar-refractivity contribution in [2.24, 2.45) is 0 Å². The molecule has 0 bridgehead atoms. The fourth-order valence-corrected chi connectivity index (χ4v) is 4.54. The van der Waals surface area contributed by atoms with Crippen LogP contribution in [0.3, 0.4) is 0 Å². The first kappa shape index (κ1) is 23.2. The van der Waals surface area contributed by atoms with Gasteiger partial charge in [-0.1, -0.05) is 36.4 Å². The van der Waals surface area contributed by atoms with Gasteiger partial charge in [-0.3, -0.25) is 4.79 Å². The summed E-state index contributed by atoms with van der Waals surface area (Å²) in [5.74, 6) is -0.376. The molecule has 0 spiro atoms. The topological polar surface area (TPSA) is 67.9 Å². The second-order valence-corrected chi connectivity index (χ2v) is 9.64. The van der Waals surface area contributed by atoms with E-state index in [1.54, 1.807) is 12.1 Å². The van der Waals surface area contributed by atoms with Crippen LogP contribution in [0.15, 0.2) is 48.5 Å². The molecule has 1 N–H and O–H groups in total. The van der Waals surface area contributed by atoms with Gasteiger partial charge in [-0.2, -0.15) is 0 Å². The Morgan fingerprint density at radius 2 is 1.85 bits per heavy atom. The van der Waals surface area contributed by atoms with Crippen LogP contribution in [0.2, 0.25) is 0 Å². The molecule has 3 atom stereocenters. The predicted molar refractivity (Wildman–Crippen MR) is 122 cm³/mol. The van der Waals surface area contributed by atoms with E-state index >= 15 is 0 Å². The summed E-state index contributed by atoms with van der Waals surface area (Å²) in [5.41, 5.74) is 2.56. The Bertz CT molecular complexity index is 1000. The average molecular weight is 455 g/mol. The van der Waals surface area contributed by atoms with Crippen molar-refractivity contribution in [1.82, 2.24) is 10.2 Å². The lowest BCUT2D eigenvalue weighted by Crippen LogP contribution is -2.46. The summed E-state index contributed by atoms with van der Waals surface area (Å²) in [5, 5.41) is 2.73. The minimum absolute atomic E-state index is 0.0707. The number of halogens is 1. The molecule has 2 aromatic carbocycles. The molecule has 0 aliphatic carbocycles. The highest BCUT2D eigenvalue weighted by molar-refractivity contribution is 5.82.